The van der Waals surface area contributed by atoms with Crippen molar-refractivity contribution in [2.75, 3.05) is 13.6 Å². The Labute approximate surface area is 106 Å². The van der Waals surface area contributed by atoms with Gasteiger partial charge >= 0.3 is 12.1 Å². The number of hydrogen-bond acceptors (Lipinski definition) is 4. The lowest BCUT2D eigenvalue weighted by molar-refractivity contribution is -0.138. The van der Waals surface area contributed by atoms with Crippen molar-refractivity contribution in [1.29, 1.82) is 0 Å². The molecule has 0 fully saturated rings. The summed E-state index contributed by atoms with van der Waals surface area (Å²) < 4.78 is 5.09. The summed E-state index contributed by atoms with van der Waals surface area (Å²) in [6.07, 6.45) is -0.638. The van der Waals surface area contributed by atoms with E-state index in [1.165, 1.54) is 14.0 Å². The Morgan fingerprint density at radius 1 is 1.33 bits per heavy atom. The normalized spacial score (nSPS) is 12.5. The molecule has 7 nitrogen and oxygen atoms in total. The third-order valence-corrected chi connectivity index (χ3v) is 2.06. The van der Waals surface area contributed by atoms with Gasteiger partial charge in [-0.3, -0.25) is 14.5 Å². The molecule has 0 spiro atoms. The van der Waals surface area contributed by atoms with Crippen molar-refractivity contribution in [1.82, 2.24) is 10.2 Å². The number of carbonyl (C=O) groups excluding carboxylic acids is 2. The predicted octanol–water partition coefficient (Wildman–Crippen LogP) is 0.443. The van der Waals surface area contributed by atoms with Crippen LogP contribution in [0, 0.1) is 0 Å². The van der Waals surface area contributed by atoms with Gasteiger partial charge in [0, 0.05) is 7.05 Å². The van der Waals surface area contributed by atoms with Gasteiger partial charge in [0.15, 0.2) is 0 Å². The van der Waals surface area contributed by atoms with Crippen molar-refractivity contribution in [2.24, 2.45) is 0 Å². The molecular formula is C11H20N2O5. The molecule has 0 radical (unpaired) electrons. The van der Waals surface area contributed by atoms with Crippen molar-refractivity contribution in [3.63, 3.8) is 0 Å². The average molecular weight is 260 g/mol. The molecule has 2 amide bonds. The van der Waals surface area contributed by atoms with Crippen LogP contribution in [0.2, 0.25) is 0 Å². The number of hydrogen-bond donors (Lipinski definition) is 2. The lowest BCUT2D eigenvalue weighted by Gasteiger charge is -2.27. The quantitative estimate of drug-likeness (QED) is 0.764. The molecule has 0 aromatic heterocycles. The number of carbonyl (C=O) groups is 3. The molecule has 0 aliphatic rings. The van der Waals surface area contributed by atoms with Gasteiger partial charge < -0.3 is 15.2 Å². The first kappa shape index (κ1) is 16.2. The number of aliphatic carboxylic acids is 1. The topological polar surface area (TPSA) is 95.9 Å². The minimum atomic E-state index is -1.14. The summed E-state index contributed by atoms with van der Waals surface area (Å²) in [4.78, 5) is 34.6. The van der Waals surface area contributed by atoms with Gasteiger partial charge in [-0.05, 0) is 27.7 Å². The van der Waals surface area contributed by atoms with Crippen molar-refractivity contribution in [3.8, 4) is 0 Å². The van der Waals surface area contributed by atoms with Gasteiger partial charge in [-0.25, -0.2) is 4.79 Å². The minimum absolute atomic E-state index is 0.481. The molecule has 0 saturated carbocycles. The summed E-state index contributed by atoms with van der Waals surface area (Å²) in [7, 11) is 1.42. The highest BCUT2D eigenvalue weighted by Crippen LogP contribution is 2.10. The smallest absolute Gasteiger partial charge is 0.410 e. The van der Waals surface area contributed by atoms with Crippen LogP contribution in [0.1, 0.15) is 27.7 Å². The fourth-order valence-corrected chi connectivity index (χ4v) is 0.978. The number of nitrogens with one attached hydrogen (secondary N) is 1. The Hall–Kier alpha value is -1.79. The van der Waals surface area contributed by atoms with Gasteiger partial charge in [-0.1, -0.05) is 0 Å². The number of carboxylic acid groups (broad SMARTS) is 1. The van der Waals surface area contributed by atoms with E-state index in [1.807, 2.05) is 0 Å². The monoisotopic (exact) mass is 260 g/mol. The summed E-state index contributed by atoms with van der Waals surface area (Å²) >= 11 is 0. The van der Waals surface area contributed by atoms with E-state index in [1.54, 1.807) is 20.8 Å². The van der Waals surface area contributed by atoms with Gasteiger partial charge in [0.2, 0.25) is 5.91 Å². The SMILES string of the molecule is CC(C(=O)NCC(=O)O)N(C)C(=O)OC(C)(C)C. The standard InChI is InChI=1S/C11H20N2O5/c1-7(9(16)12-6-8(14)15)13(5)10(17)18-11(2,3)4/h7H,6H2,1-5H3,(H,12,16)(H,14,15). The zero-order valence-electron chi connectivity index (χ0n) is 11.3. The van der Waals surface area contributed by atoms with E-state index in [9.17, 15) is 14.4 Å². The van der Waals surface area contributed by atoms with Gasteiger partial charge in [-0.2, -0.15) is 0 Å². The molecule has 0 bridgehead atoms. The molecule has 0 aromatic rings. The van der Waals surface area contributed by atoms with Crippen LogP contribution in [0.15, 0.2) is 0 Å². The second-order valence-corrected chi connectivity index (χ2v) is 4.88. The molecule has 0 saturated heterocycles. The van der Waals surface area contributed by atoms with E-state index in [-0.39, 0.29) is 0 Å². The van der Waals surface area contributed by atoms with E-state index in [2.05, 4.69) is 5.32 Å². The lowest BCUT2D eigenvalue weighted by atomic mass is 10.2. The predicted molar refractivity (Wildman–Crippen MR) is 64.1 cm³/mol. The van der Waals surface area contributed by atoms with Crippen LogP contribution >= 0.6 is 0 Å². The maximum atomic E-state index is 11.7. The number of carboxylic acids is 1. The zero-order chi connectivity index (χ0) is 14.5. The second kappa shape index (κ2) is 6.23. The van der Waals surface area contributed by atoms with Gasteiger partial charge in [0.1, 0.15) is 18.2 Å². The van der Waals surface area contributed by atoms with E-state index < -0.39 is 36.2 Å². The second-order valence-electron chi connectivity index (χ2n) is 4.88. The van der Waals surface area contributed by atoms with E-state index >= 15 is 0 Å². The molecule has 0 aromatic carbocycles. The Morgan fingerprint density at radius 3 is 2.22 bits per heavy atom. The minimum Gasteiger partial charge on any atom is -0.480 e. The van der Waals surface area contributed by atoms with Crippen LogP contribution in [0.3, 0.4) is 0 Å². The summed E-state index contributed by atoms with van der Waals surface area (Å²) in [5, 5.41) is 10.6. The first-order valence-corrected chi connectivity index (χ1v) is 5.50. The van der Waals surface area contributed by atoms with Gasteiger partial charge in [-0.15, -0.1) is 0 Å². The molecule has 0 aliphatic heterocycles. The van der Waals surface area contributed by atoms with E-state index in [0.29, 0.717) is 0 Å². The Morgan fingerprint density at radius 2 is 1.83 bits per heavy atom. The van der Waals surface area contributed by atoms with Crippen LogP contribution < -0.4 is 5.32 Å². The summed E-state index contributed by atoms with van der Waals surface area (Å²) in [6.45, 7) is 6.15. The Bertz CT molecular complexity index is 335. The number of rotatable bonds is 4. The Kier molecular flexibility index (Phi) is 5.61. The van der Waals surface area contributed by atoms with Crippen molar-refractivity contribution < 1.29 is 24.2 Å². The molecule has 0 heterocycles. The van der Waals surface area contributed by atoms with E-state index in [0.717, 1.165) is 4.90 Å². The molecule has 18 heavy (non-hydrogen) atoms. The van der Waals surface area contributed by atoms with Crippen LogP contribution in [0.5, 0.6) is 0 Å². The molecule has 0 rings (SSSR count). The lowest BCUT2D eigenvalue weighted by Crippen LogP contribution is -2.48. The van der Waals surface area contributed by atoms with Gasteiger partial charge in [0.25, 0.3) is 0 Å². The van der Waals surface area contributed by atoms with Crippen molar-refractivity contribution in [3.05, 3.63) is 0 Å². The van der Waals surface area contributed by atoms with Crippen LogP contribution in [-0.4, -0.2) is 53.2 Å². The van der Waals surface area contributed by atoms with Crippen molar-refractivity contribution >= 4 is 18.0 Å². The van der Waals surface area contributed by atoms with E-state index in [4.69, 9.17) is 9.84 Å². The highest BCUT2D eigenvalue weighted by molar-refractivity contribution is 5.87. The van der Waals surface area contributed by atoms with Crippen LogP contribution in [0.4, 0.5) is 4.79 Å². The third-order valence-electron chi connectivity index (χ3n) is 2.06. The molecule has 104 valence electrons. The number of likely N-dealkylation sites (N-methyl/N-ethyl adjacent to an activating group) is 1. The highest BCUT2D eigenvalue weighted by atomic mass is 16.6. The van der Waals surface area contributed by atoms with Crippen LogP contribution in [0.25, 0.3) is 0 Å². The number of nitrogens with zero attached hydrogens (tertiary/aromatic N) is 1. The van der Waals surface area contributed by atoms with Gasteiger partial charge in [0.05, 0.1) is 0 Å². The first-order valence-electron chi connectivity index (χ1n) is 5.50. The zero-order valence-corrected chi connectivity index (χ0v) is 11.3. The fraction of sp³-hybridized carbons (Fsp3) is 0.727. The first-order chi connectivity index (χ1) is 8.04. The molecule has 1 unspecified atom stereocenters. The molecule has 0 aliphatic carbocycles. The summed E-state index contributed by atoms with van der Waals surface area (Å²) in [5.41, 5.74) is -0.650. The third kappa shape index (κ3) is 6.07. The molecule has 7 heteroatoms. The maximum absolute atomic E-state index is 11.7. The molecule has 1 atom stereocenters. The largest absolute Gasteiger partial charge is 0.480 e. The van der Waals surface area contributed by atoms with Crippen molar-refractivity contribution in [2.45, 2.75) is 39.3 Å². The fourth-order valence-electron chi connectivity index (χ4n) is 0.978. The molecule has 2 N–H and O–H groups in total. The number of amides is 2. The summed E-state index contributed by atoms with van der Waals surface area (Å²) in [5.74, 6) is -1.69. The maximum Gasteiger partial charge on any atom is 0.410 e. The molecular weight excluding hydrogens is 240 g/mol. The average Bonchev–Trinajstić information content (AvgIpc) is 2.21. The Balaban J connectivity index is 4.40. The summed E-state index contributed by atoms with van der Waals surface area (Å²) in [6, 6.07) is -0.806. The van der Waals surface area contributed by atoms with Crippen LogP contribution in [-0.2, 0) is 14.3 Å². The number of ether oxygens (including phenoxy) is 1. The highest BCUT2D eigenvalue weighted by Gasteiger charge is 2.26.